The summed E-state index contributed by atoms with van der Waals surface area (Å²) >= 11 is 0. The predicted octanol–water partition coefficient (Wildman–Crippen LogP) is 2.05. The molecule has 2 atom stereocenters. The first-order valence-corrected chi connectivity index (χ1v) is 8.26. The van der Waals surface area contributed by atoms with E-state index in [4.69, 9.17) is 10.8 Å². The van der Waals surface area contributed by atoms with Crippen LogP contribution < -0.4 is 11.1 Å². The minimum Gasteiger partial charge on any atom is -0.481 e. The molecule has 0 radical (unpaired) electrons. The molecule has 0 aromatic heterocycles. The van der Waals surface area contributed by atoms with Gasteiger partial charge in [-0.05, 0) is 37.5 Å². The van der Waals surface area contributed by atoms with Crippen molar-refractivity contribution in [3.63, 3.8) is 0 Å². The molecule has 0 spiro atoms. The van der Waals surface area contributed by atoms with Crippen LogP contribution in [0.2, 0.25) is 0 Å². The standard InChI is InChI=1S/C16H28N2O3/c17-13-6-4-5-12(9-13)15(21)18-11-16(10-14(19)20)7-2-1-3-8-16/h12-13H,1-11,17H2,(H,18,21)(H,19,20). The van der Waals surface area contributed by atoms with Crippen LogP contribution in [0.3, 0.4) is 0 Å². The van der Waals surface area contributed by atoms with Crippen molar-refractivity contribution < 1.29 is 14.7 Å². The van der Waals surface area contributed by atoms with Crippen LogP contribution in [0.4, 0.5) is 0 Å². The Labute approximate surface area is 126 Å². The number of hydrogen-bond donors (Lipinski definition) is 3. The van der Waals surface area contributed by atoms with E-state index in [1.807, 2.05) is 0 Å². The Bertz CT molecular complexity index is 378. The van der Waals surface area contributed by atoms with Gasteiger partial charge in [-0.3, -0.25) is 9.59 Å². The van der Waals surface area contributed by atoms with E-state index in [2.05, 4.69) is 5.32 Å². The van der Waals surface area contributed by atoms with Crippen molar-refractivity contribution in [2.24, 2.45) is 17.1 Å². The number of carbonyl (C=O) groups excluding carboxylic acids is 1. The highest BCUT2D eigenvalue weighted by molar-refractivity contribution is 5.79. The number of carboxylic acid groups (broad SMARTS) is 1. The van der Waals surface area contributed by atoms with Crippen LogP contribution >= 0.6 is 0 Å². The molecule has 2 aliphatic rings. The molecule has 5 heteroatoms. The SMILES string of the molecule is NC1CCCC(C(=O)NCC2(CC(=O)O)CCCCC2)C1. The van der Waals surface area contributed by atoms with E-state index in [9.17, 15) is 9.59 Å². The molecule has 4 N–H and O–H groups in total. The number of hydrogen-bond acceptors (Lipinski definition) is 3. The molecule has 2 rings (SSSR count). The molecule has 1 amide bonds. The summed E-state index contributed by atoms with van der Waals surface area (Å²) in [5, 5.41) is 12.2. The highest BCUT2D eigenvalue weighted by Gasteiger charge is 2.35. The Morgan fingerprint density at radius 2 is 1.86 bits per heavy atom. The summed E-state index contributed by atoms with van der Waals surface area (Å²) in [6, 6.07) is 0.136. The number of carbonyl (C=O) groups is 2. The first-order chi connectivity index (χ1) is 10.0. The molecule has 0 aromatic rings. The number of carboxylic acids is 1. The van der Waals surface area contributed by atoms with Gasteiger partial charge in [0, 0.05) is 18.5 Å². The summed E-state index contributed by atoms with van der Waals surface area (Å²) in [5.41, 5.74) is 5.70. The molecule has 120 valence electrons. The minimum atomic E-state index is -0.758. The van der Waals surface area contributed by atoms with Gasteiger partial charge < -0.3 is 16.2 Å². The number of aliphatic carboxylic acids is 1. The van der Waals surface area contributed by atoms with E-state index in [0.29, 0.717) is 6.54 Å². The Kier molecular flexibility index (Phi) is 5.62. The van der Waals surface area contributed by atoms with Gasteiger partial charge in [-0.15, -0.1) is 0 Å². The Morgan fingerprint density at radius 3 is 2.48 bits per heavy atom. The molecular weight excluding hydrogens is 268 g/mol. The molecule has 2 fully saturated rings. The van der Waals surface area contributed by atoms with E-state index in [1.165, 1.54) is 6.42 Å². The normalized spacial score (nSPS) is 28.8. The molecule has 2 saturated carbocycles. The molecule has 21 heavy (non-hydrogen) atoms. The lowest BCUT2D eigenvalue weighted by Gasteiger charge is -2.37. The third-order valence-electron chi connectivity index (χ3n) is 5.16. The van der Waals surface area contributed by atoms with Crippen LogP contribution in [-0.2, 0) is 9.59 Å². The fraction of sp³-hybridized carbons (Fsp3) is 0.875. The lowest BCUT2D eigenvalue weighted by Crippen LogP contribution is -2.44. The summed E-state index contributed by atoms with van der Waals surface area (Å²) in [6.07, 6.45) is 8.97. The Morgan fingerprint density at radius 1 is 1.14 bits per heavy atom. The smallest absolute Gasteiger partial charge is 0.303 e. The summed E-state index contributed by atoms with van der Waals surface area (Å²) in [6.45, 7) is 0.504. The summed E-state index contributed by atoms with van der Waals surface area (Å²) < 4.78 is 0. The maximum Gasteiger partial charge on any atom is 0.303 e. The molecule has 0 heterocycles. The first kappa shape index (κ1) is 16.3. The predicted molar refractivity (Wildman–Crippen MR) is 80.7 cm³/mol. The number of nitrogens with one attached hydrogen (secondary N) is 1. The topological polar surface area (TPSA) is 92.4 Å². The number of amides is 1. The molecule has 0 saturated heterocycles. The number of rotatable bonds is 5. The van der Waals surface area contributed by atoms with Crippen molar-refractivity contribution in [3.05, 3.63) is 0 Å². The largest absolute Gasteiger partial charge is 0.481 e. The van der Waals surface area contributed by atoms with E-state index in [-0.39, 0.29) is 29.7 Å². The zero-order chi connectivity index (χ0) is 15.3. The fourth-order valence-corrected chi connectivity index (χ4v) is 3.92. The second-order valence-electron chi connectivity index (χ2n) is 6.97. The highest BCUT2D eigenvalue weighted by Crippen LogP contribution is 2.39. The second kappa shape index (κ2) is 7.25. The van der Waals surface area contributed by atoms with Crippen molar-refractivity contribution in [2.45, 2.75) is 70.3 Å². The van der Waals surface area contributed by atoms with Crippen molar-refractivity contribution in [3.8, 4) is 0 Å². The summed E-state index contributed by atoms with van der Waals surface area (Å²) in [4.78, 5) is 23.4. The Hall–Kier alpha value is -1.10. The summed E-state index contributed by atoms with van der Waals surface area (Å²) in [7, 11) is 0. The van der Waals surface area contributed by atoms with Crippen LogP contribution in [-0.4, -0.2) is 29.6 Å². The molecular formula is C16H28N2O3. The van der Waals surface area contributed by atoms with Gasteiger partial charge >= 0.3 is 5.97 Å². The van der Waals surface area contributed by atoms with E-state index in [0.717, 1.165) is 51.4 Å². The minimum absolute atomic E-state index is 0.0132. The van der Waals surface area contributed by atoms with Gasteiger partial charge in [0.15, 0.2) is 0 Å². The molecule has 2 unspecified atom stereocenters. The first-order valence-electron chi connectivity index (χ1n) is 8.26. The average molecular weight is 296 g/mol. The fourth-order valence-electron chi connectivity index (χ4n) is 3.92. The lowest BCUT2D eigenvalue weighted by molar-refractivity contribution is -0.141. The number of nitrogens with two attached hydrogens (primary N) is 1. The van der Waals surface area contributed by atoms with Crippen LogP contribution in [0.25, 0.3) is 0 Å². The monoisotopic (exact) mass is 296 g/mol. The van der Waals surface area contributed by atoms with Crippen LogP contribution in [0.15, 0.2) is 0 Å². The average Bonchev–Trinajstić information content (AvgIpc) is 2.45. The molecule has 0 bridgehead atoms. The highest BCUT2D eigenvalue weighted by atomic mass is 16.4. The van der Waals surface area contributed by atoms with Crippen molar-refractivity contribution in [2.75, 3.05) is 6.54 Å². The van der Waals surface area contributed by atoms with Gasteiger partial charge in [-0.2, -0.15) is 0 Å². The second-order valence-corrected chi connectivity index (χ2v) is 6.97. The van der Waals surface area contributed by atoms with Crippen LogP contribution in [0, 0.1) is 11.3 Å². The Balaban J connectivity index is 1.88. The van der Waals surface area contributed by atoms with Crippen LogP contribution in [0.5, 0.6) is 0 Å². The van der Waals surface area contributed by atoms with Gasteiger partial charge in [0.2, 0.25) is 5.91 Å². The van der Waals surface area contributed by atoms with Crippen molar-refractivity contribution >= 4 is 11.9 Å². The molecule has 5 nitrogen and oxygen atoms in total. The maximum absolute atomic E-state index is 12.3. The van der Waals surface area contributed by atoms with E-state index < -0.39 is 5.97 Å². The zero-order valence-corrected chi connectivity index (χ0v) is 12.8. The lowest BCUT2D eigenvalue weighted by atomic mass is 9.71. The summed E-state index contributed by atoms with van der Waals surface area (Å²) in [5.74, 6) is -0.675. The van der Waals surface area contributed by atoms with Crippen molar-refractivity contribution in [1.29, 1.82) is 0 Å². The van der Waals surface area contributed by atoms with Crippen LogP contribution in [0.1, 0.15) is 64.2 Å². The van der Waals surface area contributed by atoms with E-state index >= 15 is 0 Å². The van der Waals surface area contributed by atoms with Gasteiger partial charge in [0.25, 0.3) is 0 Å². The van der Waals surface area contributed by atoms with Gasteiger partial charge in [0.1, 0.15) is 0 Å². The van der Waals surface area contributed by atoms with Crippen molar-refractivity contribution in [1.82, 2.24) is 5.32 Å². The van der Waals surface area contributed by atoms with Gasteiger partial charge in [-0.25, -0.2) is 0 Å². The zero-order valence-electron chi connectivity index (χ0n) is 12.8. The molecule has 2 aliphatic carbocycles. The quantitative estimate of drug-likeness (QED) is 0.724. The molecule has 0 aliphatic heterocycles. The van der Waals surface area contributed by atoms with E-state index in [1.54, 1.807) is 0 Å². The third kappa shape index (κ3) is 4.70. The molecule has 0 aromatic carbocycles. The van der Waals surface area contributed by atoms with Gasteiger partial charge in [-0.1, -0.05) is 25.7 Å². The maximum atomic E-state index is 12.3. The van der Waals surface area contributed by atoms with Gasteiger partial charge in [0.05, 0.1) is 6.42 Å². The third-order valence-corrected chi connectivity index (χ3v) is 5.16.